The van der Waals surface area contributed by atoms with Crippen LogP contribution in [0.4, 0.5) is 5.69 Å². The van der Waals surface area contributed by atoms with E-state index >= 15 is 0 Å². The molecule has 0 saturated heterocycles. The molecule has 0 aliphatic carbocycles. The van der Waals surface area contributed by atoms with Crippen LogP contribution in [-0.2, 0) is 0 Å². The number of fused-ring (bicyclic) bond motifs is 1. The van der Waals surface area contributed by atoms with Gasteiger partial charge in [-0.05, 0) is 42.8 Å². The Hall–Kier alpha value is -2.49. The Morgan fingerprint density at radius 2 is 1.90 bits per heavy atom. The standard InChI is InChI=1S/C17H18N2O2/c1-11(13-4-7-15(20-3)8-5-13)18-14-6-9-17-16(10-14)19-12(2)21-17/h4-11,18H,1-3H3. The molecule has 1 atom stereocenters. The summed E-state index contributed by atoms with van der Waals surface area (Å²) in [5.41, 5.74) is 3.92. The number of nitrogens with zero attached hydrogens (tertiary/aromatic N) is 1. The second-order valence-corrected chi connectivity index (χ2v) is 5.05. The molecular formula is C17H18N2O2. The molecule has 0 bridgehead atoms. The number of benzene rings is 2. The maximum absolute atomic E-state index is 5.49. The van der Waals surface area contributed by atoms with Gasteiger partial charge in [-0.1, -0.05) is 12.1 Å². The predicted octanol–water partition coefficient (Wildman–Crippen LogP) is 4.32. The SMILES string of the molecule is COc1ccc(C(C)Nc2ccc3oc(C)nc3c2)cc1. The van der Waals surface area contributed by atoms with Gasteiger partial charge in [0.2, 0.25) is 0 Å². The van der Waals surface area contributed by atoms with Crippen molar-refractivity contribution in [1.82, 2.24) is 4.98 Å². The highest BCUT2D eigenvalue weighted by molar-refractivity contribution is 5.77. The second-order valence-electron chi connectivity index (χ2n) is 5.05. The molecule has 0 radical (unpaired) electrons. The maximum Gasteiger partial charge on any atom is 0.192 e. The molecule has 1 heterocycles. The summed E-state index contributed by atoms with van der Waals surface area (Å²) >= 11 is 0. The van der Waals surface area contributed by atoms with Gasteiger partial charge >= 0.3 is 0 Å². The molecule has 0 amide bonds. The molecule has 1 aromatic heterocycles. The van der Waals surface area contributed by atoms with Crippen molar-refractivity contribution in [2.24, 2.45) is 0 Å². The highest BCUT2D eigenvalue weighted by Crippen LogP contribution is 2.24. The van der Waals surface area contributed by atoms with Crippen LogP contribution in [0.3, 0.4) is 0 Å². The molecular weight excluding hydrogens is 264 g/mol. The lowest BCUT2D eigenvalue weighted by Crippen LogP contribution is -2.06. The molecule has 1 unspecified atom stereocenters. The van der Waals surface area contributed by atoms with Gasteiger partial charge in [-0.2, -0.15) is 0 Å². The monoisotopic (exact) mass is 282 g/mol. The van der Waals surface area contributed by atoms with Gasteiger partial charge in [0, 0.05) is 18.7 Å². The minimum Gasteiger partial charge on any atom is -0.497 e. The fourth-order valence-electron chi connectivity index (χ4n) is 2.36. The van der Waals surface area contributed by atoms with Crippen molar-refractivity contribution in [3.05, 3.63) is 53.9 Å². The number of nitrogens with one attached hydrogen (secondary N) is 1. The number of ether oxygens (including phenoxy) is 1. The lowest BCUT2D eigenvalue weighted by molar-refractivity contribution is 0.414. The highest BCUT2D eigenvalue weighted by Gasteiger charge is 2.08. The van der Waals surface area contributed by atoms with Crippen LogP contribution in [0, 0.1) is 6.92 Å². The minimum absolute atomic E-state index is 0.196. The maximum atomic E-state index is 5.49. The Bertz CT molecular complexity index is 747. The lowest BCUT2D eigenvalue weighted by Gasteiger charge is -2.16. The summed E-state index contributed by atoms with van der Waals surface area (Å²) in [4.78, 5) is 4.35. The zero-order valence-corrected chi connectivity index (χ0v) is 12.4. The molecule has 0 aliphatic heterocycles. The van der Waals surface area contributed by atoms with Crippen LogP contribution in [0.5, 0.6) is 5.75 Å². The quantitative estimate of drug-likeness (QED) is 0.774. The van der Waals surface area contributed by atoms with Crippen molar-refractivity contribution in [3.8, 4) is 5.75 Å². The van der Waals surface area contributed by atoms with Crippen molar-refractivity contribution in [3.63, 3.8) is 0 Å². The fraction of sp³-hybridized carbons (Fsp3) is 0.235. The molecule has 21 heavy (non-hydrogen) atoms. The predicted molar refractivity (Wildman–Crippen MR) is 83.8 cm³/mol. The van der Waals surface area contributed by atoms with E-state index in [1.165, 1.54) is 5.56 Å². The zero-order chi connectivity index (χ0) is 14.8. The van der Waals surface area contributed by atoms with Gasteiger partial charge in [0.05, 0.1) is 7.11 Å². The van der Waals surface area contributed by atoms with E-state index in [0.717, 1.165) is 22.5 Å². The van der Waals surface area contributed by atoms with E-state index in [4.69, 9.17) is 9.15 Å². The number of oxazole rings is 1. The second kappa shape index (κ2) is 5.48. The number of aromatic nitrogens is 1. The van der Waals surface area contributed by atoms with Gasteiger partial charge < -0.3 is 14.5 Å². The van der Waals surface area contributed by atoms with E-state index in [9.17, 15) is 0 Å². The number of rotatable bonds is 4. The molecule has 1 N–H and O–H groups in total. The molecule has 2 aromatic carbocycles. The van der Waals surface area contributed by atoms with E-state index in [1.54, 1.807) is 7.11 Å². The van der Waals surface area contributed by atoms with Crippen LogP contribution in [0.15, 0.2) is 46.9 Å². The molecule has 4 heteroatoms. The molecule has 0 spiro atoms. The molecule has 108 valence electrons. The number of hydrogen-bond donors (Lipinski definition) is 1. The first-order valence-corrected chi connectivity index (χ1v) is 6.93. The van der Waals surface area contributed by atoms with Gasteiger partial charge in [-0.15, -0.1) is 0 Å². The van der Waals surface area contributed by atoms with Crippen LogP contribution in [-0.4, -0.2) is 12.1 Å². The average molecular weight is 282 g/mol. The van der Waals surface area contributed by atoms with Crippen LogP contribution >= 0.6 is 0 Å². The molecule has 3 rings (SSSR count). The Kier molecular flexibility index (Phi) is 3.52. The lowest BCUT2D eigenvalue weighted by atomic mass is 10.1. The summed E-state index contributed by atoms with van der Waals surface area (Å²) in [6.45, 7) is 3.98. The largest absolute Gasteiger partial charge is 0.497 e. The van der Waals surface area contributed by atoms with Crippen LogP contribution in [0.2, 0.25) is 0 Å². The fourth-order valence-corrected chi connectivity index (χ4v) is 2.36. The molecule has 0 aliphatic rings. The third-order valence-corrected chi connectivity index (χ3v) is 3.49. The van der Waals surface area contributed by atoms with Gasteiger partial charge in [0.1, 0.15) is 11.3 Å². The zero-order valence-electron chi connectivity index (χ0n) is 12.4. The third kappa shape index (κ3) is 2.84. The minimum atomic E-state index is 0.196. The summed E-state index contributed by atoms with van der Waals surface area (Å²) in [6.07, 6.45) is 0. The molecule has 0 saturated carbocycles. The van der Waals surface area contributed by atoms with Gasteiger partial charge in [-0.3, -0.25) is 0 Å². The average Bonchev–Trinajstić information content (AvgIpc) is 2.86. The van der Waals surface area contributed by atoms with Crippen molar-refractivity contribution in [2.45, 2.75) is 19.9 Å². The van der Waals surface area contributed by atoms with Crippen LogP contribution in [0.25, 0.3) is 11.1 Å². The number of hydrogen-bond acceptors (Lipinski definition) is 4. The Morgan fingerprint density at radius 3 is 2.62 bits per heavy atom. The van der Waals surface area contributed by atoms with Crippen molar-refractivity contribution >= 4 is 16.8 Å². The summed E-state index contributed by atoms with van der Waals surface area (Å²) in [6, 6.07) is 14.2. The van der Waals surface area contributed by atoms with Crippen LogP contribution in [0.1, 0.15) is 24.4 Å². The first-order chi connectivity index (χ1) is 10.2. The van der Waals surface area contributed by atoms with Crippen molar-refractivity contribution in [1.29, 1.82) is 0 Å². The summed E-state index contributed by atoms with van der Waals surface area (Å²) in [5, 5.41) is 3.47. The van der Waals surface area contributed by atoms with E-state index < -0.39 is 0 Å². The van der Waals surface area contributed by atoms with Gasteiger partial charge in [0.15, 0.2) is 11.5 Å². The summed E-state index contributed by atoms with van der Waals surface area (Å²) in [5.74, 6) is 1.55. The topological polar surface area (TPSA) is 47.3 Å². The van der Waals surface area contributed by atoms with E-state index in [0.29, 0.717) is 5.89 Å². The Morgan fingerprint density at radius 1 is 1.14 bits per heavy atom. The van der Waals surface area contributed by atoms with Gasteiger partial charge in [-0.25, -0.2) is 4.98 Å². The summed E-state index contributed by atoms with van der Waals surface area (Å²) in [7, 11) is 1.67. The highest BCUT2D eigenvalue weighted by atomic mass is 16.5. The molecule has 0 fully saturated rings. The number of methoxy groups -OCH3 is 1. The van der Waals surface area contributed by atoms with Crippen molar-refractivity contribution < 1.29 is 9.15 Å². The van der Waals surface area contributed by atoms with Gasteiger partial charge in [0.25, 0.3) is 0 Å². The molecule has 4 nitrogen and oxygen atoms in total. The first kappa shape index (κ1) is 13.5. The number of aryl methyl sites for hydroxylation is 1. The van der Waals surface area contributed by atoms with E-state index in [2.05, 4.69) is 29.4 Å². The Labute approximate surface area is 123 Å². The normalized spacial score (nSPS) is 12.3. The Balaban J connectivity index is 1.79. The smallest absolute Gasteiger partial charge is 0.192 e. The molecule has 3 aromatic rings. The first-order valence-electron chi connectivity index (χ1n) is 6.93. The van der Waals surface area contributed by atoms with E-state index in [-0.39, 0.29) is 6.04 Å². The van der Waals surface area contributed by atoms with Crippen molar-refractivity contribution in [2.75, 3.05) is 12.4 Å². The number of anilines is 1. The summed E-state index contributed by atoms with van der Waals surface area (Å²) < 4.78 is 10.7. The van der Waals surface area contributed by atoms with Crippen LogP contribution < -0.4 is 10.1 Å². The van der Waals surface area contributed by atoms with E-state index in [1.807, 2.05) is 37.3 Å². The third-order valence-electron chi connectivity index (χ3n) is 3.49.